The zero-order valence-corrected chi connectivity index (χ0v) is 27.6. The second-order valence-electron chi connectivity index (χ2n) is 11.6. The van der Waals surface area contributed by atoms with Crippen molar-refractivity contribution in [2.75, 3.05) is 32.8 Å². The monoisotopic (exact) mass is 714 g/mol. The fourth-order valence-corrected chi connectivity index (χ4v) is 5.30. The highest BCUT2D eigenvalue weighted by molar-refractivity contribution is 5.75. The lowest BCUT2D eigenvalue weighted by Crippen LogP contribution is -2.34. The minimum atomic E-state index is -1.19. The van der Waals surface area contributed by atoms with Crippen LogP contribution in [0.1, 0.15) is 17.8 Å². The lowest BCUT2D eigenvalue weighted by Gasteiger charge is -2.18. The van der Waals surface area contributed by atoms with Crippen molar-refractivity contribution in [3.8, 4) is 45.6 Å². The minimum Gasteiger partial charge on any atom is -0.480 e. The number of nitrogens with zero attached hydrogens (tertiary/aromatic N) is 8. The molecule has 18 heteroatoms. The number of carboxylic acids is 4. The second kappa shape index (κ2) is 17.0. The number of aliphatic hydroxyl groups is 1. The first kappa shape index (κ1) is 36.9. The highest BCUT2D eigenvalue weighted by atomic mass is 16.4. The maximum Gasteiger partial charge on any atom is 0.317 e. The van der Waals surface area contributed by atoms with Crippen molar-refractivity contribution in [3.63, 3.8) is 0 Å². The van der Waals surface area contributed by atoms with Crippen LogP contribution in [0.4, 0.5) is 0 Å². The standard InChI is InChI=1S/C34H34N8O10/c43-11-3-10-42-16-28(38-39-42)30-9-8-29(52-30)21-12-26(24-6-1-4-22(35-24)14-40(17-31(44)45)18-32(46)47)37-27(13-21)25-7-2-5-23(36-25)15-41(19-33(48)49)20-34(50)51/h1-2,4-9,12-13,16,43H,3,10-11,14-15,17-20H2,(H,44,45)(H,46,47)(H,48,49)(H,50,51). The average molecular weight is 715 g/mol. The van der Waals surface area contributed by atoms with Crippen LogP contribution >= 0.6 is 0 Å². The number of carboxylic acid groups (broad SMARTS) is 4. The van der Waals surface area contributed by atoms with Gasteiger partial charge in [0.1, 0.15) is 11.5 Å². The summed E-state index contributed by atoms with van der Waals surface area (Å²) < 4.78 is 7.78. The minimum absolute atomic E-state index is 0.00812. The van der Waals surface area contributed by atoms with E-state index in [0.717, 1.165) is 0 Å². The van der Waals surface area contributed by atoms with Crippen molar-refractivity contribution in [2.24, 2.45) is 0 Å². The molecule has 52 heavy (non-hydrogen) atoms. The summed E-state index contributed by atoms with van der Waals surface area (Å²) in [6.45, 7) is -1.68. The molecule has 270 valence electrons. The van der Waals surface area contributed by atoms with E-state index < -0.39 is 50.1 Å². The van der Waals surface area contributed by atoms with E-state index in [2.05, 4.69) is 20.3 Å². The molecular formula is C34H34N8O10. The van der Waals surface area contributed by atoms with Crippen LogP contribution < -0.4 is 0 Å². The van der Waals surface area contributed by atoms with Gasteiger partial charge in [-0.2, -0.15) is 0 Å². The van der Waals surface area contributed by atoms with Crippen LogP contribution in [0.5, 0.6) is 0 Å². The Balaban J connectivity index is 1.54. The summed E-state index contributed by atoms with van der Waals surface area (Å²) >= 11 is 0. The predicted octanol–water partition coefficient (Wildman–Crippen LogP) is 2.05. The molecule has 0 radical (unpaired) electrons. The molecule has 5 heterocycles. The van der Waals surface area contributed by atoms with Crippen molar-refractivity contribution in [1.29, 1.82) is 0 Å². The van der Waals surface area contributed by atoms with E-state index in [4.69, 9.17) is 14.5 Å². The van der Waals surface area contributed by atoms with Crippen LogP contribution in [0.2, 0.25) is 0 Å². The van der Waals surface area contributed by atoms with Crippen LogP contribution in [-0.2, 0) is 38.8 Å². The highest BCUT2D eigenvalue weighted by Gasteiger charge is 2.19. The van der Waals surface area contributed by atoms with E-state index in [1.165, 1.54) is 9.80 Å². The Bertz CT molecular complexity index is 1930. The maximum absolute atomic E-state index is 11.4. The number of hydrogen-bond donors (Lipinski definition) is 5. The molecule has 0 aromatic carbocycles. The molecule has 0 fully saturated rings. The van der Waals surface area contributed by atoms with E-state index in [0.29, 0.717) is 69.9 Å². The molecule has 18 nitrogen and oxygen atoms in total. The second-order valence-corrected chi connectivity index (χ2v) is 11.6. The molecule has 5 rings (SSSR count). The topological polar surface area (TPSA) is 258 Å². The van der Waals surface area contributed by atoms with E-state index in [1.54, 1.807) is 71.5 Å². The first-order valence-corrected chi connectivity index (χ1v) is 15.8. The Labute approximate surface area is 295 Å². The van der Waals surface area contributed by atoms with Gasteiger partial charge in [0.25, 0.3) is 0 Å². The van der Waals surface area contributed by atoms with Crippen LogP contribution in [0, 0.1) is 0 Å². The van der Waals surface area contributed by atoms with Gasteiger partial charge in [-0.3, -0.25) is 33.7 Å². The van der Waals surface area contributed by atoms with Crippen molar-refractivity contribution < 1.29 is 49.1 Å². The summed E-state index contributed by atoms with van der Waals surface area (Å²) in [4.78, 5) is 62.1. The van der Waals surface area contributed by atoms with Gasteiger partial charge in [-0.1, -0.05) is 17.3 Å². The normalized spacial score (nSPS) is 11.3. The third-order valence-corrected chi connectivity index (χ3v) is 7.40. The number of rotatable bonds is 19. The Kier molecular flexibility index (Phi) is 12.1. The number of carbonyl (C=O) groups is 4. The Morgan fingerprint density at radius 1 is 0.635 bits per heavy atom. The van der Waals surface area contributed by atoms with Gasteiger partial charge in [0, 0.05) is 31.8 Å². The number of aliphatic hydroxyl groups excluding tert-OH is 1. The molecule has 5 N–H and O–H groups in total. The summed E-state index contributed by atoms with van der Waals surface area (Å²) in [7, 11) is 0. The third-order valence-electron chi connectivity index (χ3n) is 7.40. The van der Waals surface area contributed by atoms with Gasteiger partial charge < -0.3 is 29.9 Å². The van der Waals surface area contributed by atoms with Crippen LogP contribution in [0.15, 0.2) is 71.3 Å². The molecule has 5 aromatic rings. The van der Waals surface area contributed by atoms with E-state index in [9.17, 15) is 39.6 Å². The molecule has 0 bridgehead atoms. The maximum atomic E-state index is 11.4. The van der Waals surface area contributed by atoms with Crippen LogP contribution in [-0.4, -0.2) is 122 Å². The van der Waals surface area contributed by atoms with Gasteiger partial charge >= 0.3 is 23.9 Å². The predicted molar refractivity (Wildman–Crippen MR) is 180 cm³/mol. The molecule has 0 saturated carbocycles. The van der Waals surface area contributed by atoms with Gasteiger partial charge in [0.2, 0.25) is 0 Å². The zero-order chi connectivity index (χ0) is 37.2. The first-order valence-electron chi connectivity index (χ1n) is 15.8. The van der Waals surface area contributed by atoms with Gasteiger partial charge in [-0.05, 0) is 55.0 Å². The zero-order valence-electron chi connectivity index (χ0n) is 27.6. The smallest absolute Gasteiger partial charge is 0.317 e. The largest absolute Gasteiger partial charge is 0.480 e. The van der Waals surface area contributed by atoms with Crippen molar-refractivity contribution in [1.82, 2.24) is 39.7 Å². The molecule has 0 saturated heterocycles. The van der Waals surface area contributed by atoms with E-state index in [1.807, 2.05) is 0 Å². The van der Waals surface area contributed by atoms with Crippen molar-refractivity contribution in [2.45, 2.75) is 26.1 Å². The number of pyridine rings is 3. The third kappa shape index (κ3) is 10.3. The summed E-state index contributed by atoms with van der Waals surface area (Å²) in [5.74, 6) is -3.90. The number of hydrogen-bond acceptors (Lipinski definition) is 13. The van der Waals surface area contributed by atoms with Crippen molar-refractivity contribution in [3.05, 3.63) is 78.2 Å². The van der Waals surface area contributed by atoms with Gasteiger partial charge in [-0.25, -0.2) is 15.0 Å². The number of furan rings is 1. The van der Waals surface area contributed by atoms with E-state index >= 15 is 0 Å². The average Bonchev–Trinajstić information content (AvgIpc) is 3.77. The molecule has 0 aliphatic heterocycles. The highest BCUT2D eigenvalue weighted by Crippen LogP contribution is 2.32. The molecule has 0 aliphatic carbocycles. The lowest BCUT2D eigenvalue weighted by molar-refractivity contribution is -0.144. The Morgan fingerprint density at radius 2 is 1.13 bits per heavy atom. The summed E-state index contributed by atoms with van der Waals surface area (Å²) in [6.07, 6.45) is 2.20. The number of aliphatic carboxylic acids is 4. The number of aromatic nitrogens is 6. The molecular weight excluding hydrogens is 680 g/mol. The Hall–Kier alpha value is -6.37. The van der Waals surface area contributed by atoms with Crippen LogP contribution in [0.3, 0.4) is 0 Å². The fraction of sp³-hybridized carbons (Fsp3) is 0.265. The number of aryl methyl sites for hydroxylation is 1. The fourth-order valence-electron chi connectivity index (χ4n) is 5.30. The van der Waals surface area contributed by atoms with Gasteiger partial charge in [-0.15, -0.1) is 5.10 Å². The molecule has 5 aromatic heterocycles. The summed E-state index contributed by atoms with van der Waals surface area (Å²) in [6, 6.07) is 17.0. The van der Waals surface area contributed by atoms with Crippen molar-refractivity contribution >= 4 is 23.9 Å². The van der Waals surface area contributed by atoms with Gasteiger partial charge in [0.15, 0.2) is 5.76 Å². The molecule has 0 aliphatic rings. The molecule has 0 spiro atoms. The SMILES string of the molecule is O=C(O)CN(CC(=O)O)Cc1cccc(-c2cc(-c3ccc(-c4cn(CCCO)nn4)o3)cc(-c3cccc(CN(CC(=O)O)CC(=O)O)n3)n2)n1. The van der Waals surface area contributed by atoms with Gasteiger partial charge in [0.05, 0.1) is 66.5 Å². The molecule has 0 atom stereocenters. The summed E-state index contributed by atoms with van der Waals surface area (Å²) in [5, 5.41) is 54.5. The molecule has 0 amide bonds. The first-order chi connectivity index (χ1) is 24.9. The quantitative estimate of drug-likeness (QED) is 0.0820. The van der Waals surface area contributed by atoms with Crippen LogP contribution in [0.25, 0.3) is 45.6 Å². The van der Waals surface area contributed by atoms with E-state index in [-0.39, 0.29) is 19.7 Å². The Morgan fingerprint density at radius 3 is 1.62 bits per heavy atom. The summed E-state index contributed by atoms with van der Waals surface area (Å²) in [5.41, 5.74) is 3.35. The lowest BCUT2D eigenvalue weighted by atomic mass is 10.1. The molecule has 0 unspecified atom stereocenters.